The van der Waals surface area contributed by atoms with E-state index in [1.54, 1.807) is 32.9 Å². The van der Waals surface area contributed by atoms with Gasteiger partial charge in [-0.25, -0.2) is 14.7 Å². The molecule has 2 aliphatic heterocycles. The van der Waals surface area contributed by atoms with E-state index in [4.69, 9.17) is 4.74 Å². The van der Waals surface area contributed by atoms with Crippen molar-refractivity contribution in [1.82, 2.24) is 9.88 Å². The van der Waals surface area contributed by atoms with Crippen molar-refractivity contribution in [3.8, 4) is 0 Å². The van der Waals surface area contributed by atoms with Crippen LogP contribution in [0.5, 0.6) is 0 Å². The Morgan fingerprint density at radius 1 is 1.19 bits per heavy atom. The van der Waals surface area contributed by atoms with Crippen molar-refractivity contribution in [1.29, 1.82) is 0 Å². The van der Waals surface area contributed by atoms with Gasteiger partial charge in [0.2, 0.25) is 0 Å². The maximum Gasteiger partial charge on any atom is 0.417 e. The first-order valence-corrected chi connectivity index (χ1v) is 11.0. The van der Waals surface area contributed by atoms with Gasteiger partial charge in [0.1, 0.15) is 11.4 Å². The van der Waals surface area contributed by atoms with Gasteiger partial charge in [0, 0.05) is 29.9 Å². The molecule has 1 atom stereocenters. The molecule has 0 spiro atoms. The van der Waals surface area contributed by atoms with E-state index < -0.39 is 17.7 Å². The van der Waals surface area contributed by atoms with Crippen LogP contribution in [-0.4, -0.2) is 51.8 Å². The zero-order valence-corrected chi connectivity index (χ0v) is 19.0. The number of rotatable bonds is 3. The quantitative estimate of drug-likeness (QED) is 0.740. The summed E-state index contributed by atoms with van der Waals surface area (Å²) in [5.41, 5.74) is 2.29. The van der Waals surface area contributed by atoms with Crippen molar-refractivity contribution in [2.45, 2.75) is 58.3 Å². The molecule has 0 bridgehead atoms. The average molecular weight is 439 g/mol. The molecule has 2 aromatic rings. The zero-order valence-electron chi connectivity index (χ0n) is 19.0. The van der Waals surface area contributed by atoms with Crippen molar-refractivity contribution in [2.75, 3.05) is 23.3 Å². The number of hydrogen-bond donors (Lipinski definition) is 2. The zero-order chi connectivity index (χ0) is 23.0. The Morgan fingerprint density at radius 3 is 2.53 bits per heavy atom. The van der Waals surface area contributed by atoms with Crippen LogP contribution in [0.3, 0.4) is 0 Å². The number of aliphatic hydroxyl groups excluding tert-OH is 1. The van der Waals surface area contributed by atoms with Crippen molar-refractivity contribution in [2.24, 2.45) is 0 Å². The van der Waals surface area contributed by atoms with Crippen LogP contribution < -0.4 is 10.2 Å². The number of anilines is 3. The van der Waals surface area contributed by atoms with Crippen LogP contribution in [0.2, 0.25) is 0 Å². The lowest BCUT2D eigenvalue weighted by molar-refractivity contribution is 0.0203. The van der Waals surface area contributed by atoms with Gasteiger partial charge in [-0.3, -0.25) is 4.79 Å². The highest BCUT2D eigenvalue weighted by molar-refractivity contribution is 6.08. The Labute approximate surface area is 188 Å². The third kappa shape index (κ3) is 4.41. The van der Waals surface area contributed by atoms with Crippen LogP contribution in [0, 0.1) is 0 Å². The molecular formula is C24H30N4O4. The van der Waals surface area contributed by atoms with Gasteiger partial charge in [-0.05, 0) is 64.8 Å². The van der Waals surface area contributed by atoms with Crippen LogP contribution in [0.25, 0.3) is 0 Å². The fourth-order valence-corrected chi connectivity index (χ4v) is 4.21. The van der Waals surface area contributed by atoms with Crippen LogP contribution in [-0.2, 0) is 4.74 Å². The molecule has 1 fully saturated rings. The Morgan fingerprint density at radius 2 is 1.91 bits per heavy atom. The topological polar surface area (TPSA) is 95.0 Å². The molecule has 2 N–H and O–H groups in total. The maximum atomic E-state index is 12.9. The van der Waals surface area contributed by atoms with E-state index in [2.05, 4.69) is 15.2 Å². The fraction of sp³-hybridized carbons (Fsp3) is 0.458. The Balaban J connectivity index is 1.53. The van der Waals surface area contributed by atoms with Gasteiger partial charge < -0.3 is 20.1 Å². The maximum absolute atomic E-state index is 12.9. The number of nitrogens with one attached hydrogen (secondary N) is 1. The smallest absolute Gasteiger partial charge is 0.417 e. The lowest BCUT2D eigenvalue weighted by Crippen LogP contribution is -2.38. The minimum atomic E-state index is -0.689. The highest BCUT2D eigenvalue weighted by atomic mass is 16.6. The molecule has 2 amide bonds. The van der Waals surface area contributed by atoms with E-state index in [1.165, 1.54) is 4.90 Å². The highest BCUT2D eigenvalue weighted by Gasteiger charge is 2.41. The van der Waals surface area contributed by atoms with Gasteiger partial charge in [-0.15, -0.1) is 0 Å². The lowest BCUT2D eigenvalue weighted by atomic mass is 10.0. The second-order valence-corrected chi connectivity index (χ2v) is 9.34. The Hall–Kier alpha value is -3.13. The number of benzene rings is 1. The summed E-state index contributed by atoms with van der Waals surface area (Å²) >= 11 is 0. The molecule has 1 aromatic carbocycles. The second-order valence-electron chi connectivity index (χ2n) is 9.34. The molecule has 32 heavy (non-hydrogen) atoms. The van der Waals surface area contributed by atoms with E-state index in [-0.39, 0.29) is 12.0 Å². The summed E-state index contributed by atoms with van der Waals surface area (Å²) in [5, 5.41) is 13.0. The highest BCUT2D eigenvalue weighted by Crippen LogP contribution is 2.40. The summed E-state index contributed by atoms with van der Waals surface area (Å²) in [6.07, 6.45) is 2.47. The molecule has 1 saturated heterocycles. The van der Waals surface area contributed by atoms with Gasteiger partial charge in [0.05, 0.1) is 24.0 Å². The van der Waals surface area contributed by atoms with Crippen LogP contribution in [0.4, 0.5) is 22.0 Å². The molecule has 0 radical (unpaired) electrons. The third-order valence-electron chi connectivity index (χ3n) is 5.79. The number of imide groups is 1. The number of pyridine rings is 1. The molecule has 1 aromatic heterocycles. The van der Waals surface area contributed by atoms with Gasteiger partial charge >= 0.3 is 6.09 Å². The van der Waals surface area contributed by atoms with Crippen molar-refractivity contribution in [3.63, 3.8) is 0 Å². The fourth-order valence-electron chi connectivity index (χ4n) is 4.21. The summed E-state index contributed by atoms with van der Waals surface area (Å²) in [6, 6.07) is 8.83. The molecule has 4 rings (SSSR count). The number of aromatic nitrogens is 1. The molecule has 8 nitrogen and oxygen atoms in total. The first-order chi connectivity index (χ1) is 15.1. The molecule has 8 heteroatoms. The predicted octanol–water partition coefficient (Wildman–Crippen LogP) is 4.24. The Kier molecular flexibility index (Phi) is 5.81. The molecule has 1 unspecified atom stereocenters. The number of aliphatic hydroxyl groups is 1. The monoisotopic (exact) mass is 438 g/mol. The number of ether oxygens (including phenoxy) is 1. The van der Waals surface area contributed by atoms with Crippen LogP contribution in [0.1, 0.15) is 62.5 Å². The Bertz CT molecular complexity index is 1010. The summed E-state index contributed by atoms with van der Waals surface area (Å²) in [7, 11) is 0. The third-order valence-corrected chi connectivity index (χ3v) is 5.79. The van der Waals surface area contributed by atoms with Gasteiger partial charge in [-0.2, -0.15) is 0 Å². The van der Waals surface area contributed by atoms with E-state index in [0.717, 1.165) is 42.9 Å². The van der Waals surface area contributed by atoms with E-state index in [9.17, 15) is 14.7 Å². The summed E-state index contributed by atoms with van der Waals surface area (Å²) < 4.78 is 5.44. The molecule has 170 valence electrons. The van der Waals surface area contributed by atoms with Crippen LogP contribution >= 0.6 is 0 Å². The van der Waals surface area contributed by atoms with Crippen molar-refractivity contribution in [3.05, 3.63) is 47.7 Å². The predicted molar refractivity (Wildman–Crippen MR) is 122 cm³/mol. The number of fused-ring (bicyclic) bond motifs is 1. The minimum Gasteiger partial charge on any atom is -0.443 e. The number of nitrogens with zero attached hydrogens (tertiary/aromatic N) is 3. The van der Waals surface area contributed by atoms with E-state index in [1.807, 2.05) is 31.3 Å². The van der Waals surface area contributed by atoms with E-state index in [0.29, 0.717) is 11.4 Å². The van der Waals surface area contributed by atoms with Gasteiger partial charge in [-0.1, -0.05) is 6.07 Å². The lowest BCUT2D eigenvalue weighted by Gasteiger charge is -2.31. The second kappa shape index (κ2) is 8.43. The largest absolute Gasteiger partial charge is 0.443 e. The summed E-state index contributed by atoms with van der Waals surface area (Å²) in [4.78, 5) is 33.5. The normalized spacial score (nSPS) is 19.2. The van der Waals surface area contributed by atoms with Crippen LogP contribution in [0.15, 0.2) is 36.5 Å². The minimum absolute atomic E-state index is 0.217. The average Bonchev–Trinajstić information content (AvgIpc) is 2.99. The van der Waals surface area contributed by atoms with Gasteiger partial charge in [0.25, 0.3) is 5.91 Å². The first kappa shape index (κ1) is 22.1. The molecule has 3 heterocycles. The molecular weight excluding hydrogens is 408 g/mol. The molecule has 0 aliphatic carbocycles. The number of carbonyl (C=O) groups excluding carboxylic acids is 2. The summed E-state index contributed by atoms with van der Waals surface area (Å²) in [5.74, 6) is 0.288. The standard InChI is InChI=1S/C24H30N4O4/c1-15-21-18(22(30)28(15)23(31)32-24(2,3)4)6-5-7-19(21)26-20-9-8-16(14-25-20)27-12-10-17(29)11-13-27/h5-9,14-15,17,29H,10-13H2,1-4H3,(H,25,26). The number of carbonyl (C=O) groups is 2. The summed E-state index contributed by atoms with van der Waals surface area (Å²) in [6.45, 7) is 8.76. The van der Waals surface area contributed by atoms with E-state index >= 15 is 0 Å². The molecule has 0 saturated carbocycles. The number of amides is 2. The van der Waals surface area contributed by atoms with Gasteiger partial charge in [0.15, 0.2) is 0 Å². The van der Waals surface area contributed by atoms with Crippen molar-refractivity contribution < 1.29 is 19.4 Å². The first-order valence-electron chi connectivity index (χ1n) is 11.0. The number of piperidine rings is 1. The number of hydrogen-bond acceptors (Lipinski definition) is 7. The molecule has 2 aliphatic rings. The SMILES string of the molecule is CC1c2c(Nc3ccc(N4CCC(O)CC4)cn3)cccc2C(=O)N1C(=O)OC(C)(C)C. The van der Waals surface area contributed by atoms with Crippen molar-refractivity contribution >= 4 is 29.2 Å².